The van der Waals surface area contributed by atoms with Crippen LogP contribution in [0.5, 0.6) is 5.75 Å². The van der Waals surface area contributed by atoms with Gasteiger partial charge in [0.2, 0.25) is 0 Å². The first-order valence-corrected chi connectivity index (χ1v) is 13.6. The van der Waals surface area contributed by atoms with Gasteiger partial charge < -0.3 is 20.5 Å². The SMILES string of the molecule is CCOC(=O)Cc1ccc(F)cc1OC1CC2(CCNCC2)c2ccc(-c3cccc4c(N)nccc34)cc21. The van der Waals surface area contributed by atoms with Gasteiger partial charge in [-0.05, 0) is 85.1 Å². The van der Waals surface area contributed by atoms with Crippen molar-refractivity contribution >= 4 is 22.6 Å². The lowest BCUT2D eigenvalue weighted by molar-refractivity contribution is -0.142. The number of nitrogens with one attached hydrogen (secondary N) is 1. The van der Waals surface area contributed by atoms with Crippen LogP contribution in [-0.2, 0) is 21.4 Å². The van der Waals surface area contributed by atoms with E-state index < -0.39 is 5.82 Å². The topological polar surface area (TPSA) is 86.5 Å². The van der Waals surface area contributed by atoms with Crippen LogP contribution in [0.25, 0.3) is 21.9 Å². The molecule has 6 nitrogen and oxygen atoms in total. The summed E-state index contributed by atoms with van der Waals surface area (Å²) >= 11 is 0. The summed E-state index contributed by atoms with van der Waals surface area (Å²) in [6.07, 6.45) is 4.31. The average Bonchev–Trinajstić information content (AvgIpc) is 3.22. The molecule has 2 aliphatic rings. The van der Waals surface area contributed by atoms with Gasteiger partial charge in [-0.1, -0.05) is 36.4 Å². The van der Waals surface area contributed by atoms with E-state index in [9.17, 15) is 9.18 Å². The number of anilines is 1. The third kappa shape index (κ3) is 4.72. The Morgan fingerprint density at radius 1 is 1.10 bits per heavy atom. The van der Waals surface area contributed by atoms with Crippen LogP contribution in [0.2, 0.25) is 0 Å². The first-order chi connectivity index (χ1) is 19.0. The molecule has 0 bridgehead atoms. The molecule has 0 amide bonds. The summed E-state index contributed by atoms with van der Waals surface area (Å²) in [5.74, 6) is 0.135. The maximum atomic E-state index is 14.4. The summed E-state index contributed by atoms with van der Waals surface area (Å²) < 4.78 is 26.2. The number of hydrogen-bond acceptors (Lipinski definition) is 6. The zero-order valence-electron chi connectivity index (χ0n) is 22.0. The van der Waals surface area contributed by atoms with E-state index in [1.165, 1.54) is 17.7 Å². The molecule has 7 heteroatoms. The van der Waals surface area contributed by atoms with Crippen LogP contribution in [0.3, 0.4) is 0 Å². The molecule has 2 heterocycles. The molecule has 1 atom stereocenters. The summed E-state index contributed by atoms with van der Waals surface area (Å²) in [4.78, 5) is 16.5. The highest BCUT2D eigenvalue weighted by Gasteiger charge is 2.45. The van der Waals surface area contributed by atoms with Gasteiger partial charge in [-0.2, -0.15) is 0 Å². The van der Waals surface area contributed by atoms with Crippen molar-refractivity contribution in [3.8, 4) is 16.9 Å². The molecular weight excluding hydrogens is 493 g/mol. The number of hydrogen-bond donors (Lipinski definition) is 2. The van der Waals surface area contributed by atoms with Crippen molar-refractivity contribution in [2.45, 2.75) is 44.1 Å². The number of pyridine rings is 1. The highest BCUT2D eigenvalue weighted by Crippen LogP contribution is 2.52. The van der Waals surface area contributed by atoms with Crippen molar-refractivity contribution in [1.29, 1.82) is 0 Å². The van der Waals surface area contributed by atoms with Gasteiger partial charge in [-0.15, -0.1) is 0 Å². The molecule has 0 saturated carbocycles. The molecule has 1 spiro atoms. The predicted molar refractivity (Wildman–Crippen MR) is 150 cm³/mol. The second kappa shape index (κ2) is 10.3. The number of halogens is 1. The van der Waals surface area contributed by atoms with Crippen molar-refractivity contribution in [1.82, 2.24) is 10.3 Å². The lowest BCUT2D eigenvalue weighted by Gasteiger charge is -2.35. The molecule has 3 aromatic carbocycles. The van der Waals surface area contributed by atoms with E-state index in [1.54, 1.807) is 19.2 Å². The highest BCUT2D eigenvalue weighted by molar-refractivity contribution is 6.01. The second-order valence-electron chi connectivity index (χ2n) is 10.5. The number of esters is 1. The summed E-state index contributed by atoms with van der Waals surface area (Å²) in [6, 6.07) is 19.1. The van der Waals surface area contributed by atoms with Gasteiger partial charge in [0.1, 0.15) is 23.5 Å². The molecule has 39 heavy (non-hydrogen) atoms. The second-order valence-corrected chi connectivity index (χ2v) is 10.5. The summed E-state index contributed by atoms with van der Waals surface area (Å²) in [5.41, 5.74) is 11.3. The maximum Gasteiger partial charge on any atom is 0.310 e. The molecule has 1 aromatic heterocycles. The molecule has 4 aromatic rings. The standard InChI is InChI=1S/C32H32FN3O3/c1-2-38-30(37)17-21-6-8-22(33)18-28(21)39-29-19-32(11-14-35-15-12-32)27-9-7-20(16-26(27)29)23-4-3-5-25-24(23)10-13-36-31(25)34/h3-10,13,16,18,29,35H,2,11-12,14-15,17,19H2,1H3,(H2,34,36). The van der Waals surface area contributed by atoms with Crippen LogP contribution in [0.15, 0.2) is 66.9 Å². The van der Waals surface area contributed by atoms with E-state index in [-0.39, 0.29) is 23.9 Å². The Kier molecular flexibility index (Phi) is 6.69. The minimum atomic E-state index is -0.400. The number of rotatable bonds is 6. The van der Waals surface area contributed by atoms with Crippen molar-refractivity contribution in [2.24, 2.45) is 0 Å². The molecule has 200 valence electrons. The Labute approximate surface area is 227 Å². The third-order valence-electron chi connectivity index (χ3n) is 8.19. The van der Waals surface area contributed by atoms with E-state index >= 15 is 0 Å². The fourth-order valence-electron chi connectivity index (χ4n) is 6.32. The van der Waals surface area contributed by atoms with Gasteiger partial charge in [0.25, 0.3) is 0 Å². The largest absolute Gasteiger partial charge is 0.485 e. The maximum absolute atomic E-state index is 14.4. The lowest BCUT2D eigenvalue weighted by Crippen LogP contribution is -2.38. The summed E-state index contributed by atoms with van der Waals surface area (Å²) in [5, 5.41) is 5.44. The number of aromatic nitrogens is 1. The Morgan fingerprint density at radius 2 is 1.95 bits per heavy atom. The normalized spacial score (nSPS) is 17.7. The molecular formula is C32H32FN3O3. The van der Waals surface area contributed by atoms with E-state index in [2.05, 4.69) is 34.6 Å². The molecule has 1 saturated heterocycles. The molecule has 1 fully saturated rings. The first kappa shape index (κ1) is 25.3. The monoisotopic (exact) mass is 525 g/mol. The van der Waals surface area contributed by atoms with Crippen LogP contribution in [0.1, 0.15) is 49.0 Å². The van der Waals surface area contributed by atoms with Crippen LogP contribution in [0, 0.1) is 5.82 Å². The fraction of sp³-hybridized carbons (Fsp3) is 0.312. The fourth-order valence-corrected chi connectivity index (χ4v) is 6.32. The Bertz CT molecular complexity index is 1550. The van der Waals surface area contributed by atoms with E-state index in [1.807, 2.05) is 18.2 Å². The number of benzene rings is 3. The van der Waals surface area contributed by atoms with Gasteiger partial charge in [-0.25, -0.2) is 9.37 Å². The Morgan fingerprint density at radius 3 is 2.77 bits per heavy atom. The third-order valence-corrected chi connectivity index (χ3v) is 8.19. The van der Waals surface area contributed by atoms with E-state index in [4.69, 9.17) is 15.2 Å². The van der Waals surface area contributed by atoms with Crippen molar-refractivity contribution < 1.29 is 18.7 Å². The van der Waals surface area contributed by atoms with Crippen LogP contribution >= 0.6 is 0 Å². The van der Waals surface area contributed by atoms with Gasteiger partial charge in [-0.3, -0.25) is 4.79 Å². The first-order valence-electron chi connectivity index (χ1n) is 13.6. The number of nitrogen functional groups attached to an aromatic ring is 1. The Hall–Kier alpha value is -3.97. The molecule has 6 rings (SSSR count). The van der Waals surface area contributed by atoms with Gasteiger partial charge in [0, 0.05) is 28.6 Å². The minimum absolute atomic E-state index is 0.00842. The van der Waals surface area contributed by atoms with E-state index in [0.717, 1.165) is 59.8 Å². The minimum Gasteiger partial charge on any atom is -0.485 e. The van der Waals surface area contributed by atoms with Crippen LogP contribution in [0.4, 0.5) is 10.2 Å². The van der Waals surface area contributed by atoms with Gasteiger partial charge in [0.15, 0.2) is 0 Å². The number of nitrogens with zero attached hydrogens (tertiary/aromatic N) is 1. The molecule has 1 unspecified atom stereocenters. The predicted octanol–water partition coefficient (Wildman–Crippen LogP) is 5.87. The molecule has 0 radical (unpaired) electrons. The lowest BCUT2D eigenvalue weighted by atomic mass is 9.74. The smallest absolute Gasteiger partial charge is 0.310 e. The zero-order chi connectivity index (χ0) is 27.0. The molecule has 3 N–H and O–H groups in total. The molecule has 1 aliphatic heterocycles. The van der Waals surface area contributed by atoms with Crippen molar-refractivity contribution in [3.05, 3.63) is 89.4 Å². The van der Waals surface area contributed by atoms with Crippen molar-refractivity contribution in [2.75, 3.05) is 25.4 Å². The number of piperidine rings is 1. The Balaban J connectivity index is 1.43. The average molecular weight is 526 g/mol. The number of carbonyl (C=O) groups excluding carboxylic acids is 1. The van der Waals surface area contributed by atoms with Crippen LogP contribution < -0.4 is 15.8 Å². The van der Waals surface area contributed by atoms with Gasteiger partial charge in [0.05, 0.1) is 13.0 Å². The number of ether oxygens (including phenoxy) is 2. The number of fused-ring (bicyclic) bond motifs is 3. The summed E-state index contributed by atoms with van der Waals surface area (Å²) in [6.45, 7) is 3.95. The van der Waals surface area contributed by atoms with Gasteiger partial charge >= 0.3 is 5.97 Å². The zero-order valence-corrected chi connectivity index (χ0v) is 22.0. The molecule has 1 aliphatic carbocycles. The highest BCUT2D eigenvalue weighted by atomic mass is 19.1. The van der Waals surface area contributed by atoms with Crippen molar-refractivity contribution in [3.63, 3.8) is 0 Å². The number of carbonyl (C=O) groups is 1. The van der Waals surface area contributed by atoms with Crippen LogP contribution in [-0.4, -0.2) is 30.6 Å². The van der Waals surface area contributed by atoms with E-state index in [0.29, 0.717) is 23.7 Å². The quantitative estimate of drug-likeness (QED) is 0.306. The summed E-state index contributed by atoms with van der Waals surface area (Å²) in [7, 11) is 0. The number of nitrogens with two attached hydrogens (primary N) is 1.